The van der Waals surface area contributed by atoms with Crippen LogP contribution < -0.4 is 10.6 Å². The molecule has 0 saturated heterocycles. The van der Waals surface area contributed by atoms with Crippen molar-refractivity contribution in [2.24, 2.45) is 0 Å². The predicted molar refractivity (Wildman–Crippen MR) is 90.5 cm³/mol. The van der Waals surface area contributed by atoms with Crippen molar-refractivity contribution in [1.82, 2.24) is 5.32 Å². The highest BCUT2D eigenvalue weighted by Gasteiger charge is 2.07. The number of nitrogens with zero attached hydrogens (tertiary/aromatic N) is 1. The van der Waals surface area contributed by atoms with Crippen LogP contribution in [0.15, 0.2) is 46.9 Å². The normalized spacial score (nSPS) is 9.96. The summed E-state index contributed by atoms with van der Waals surface area (Å²) in [6, 6.07) is 13.8. The lowest BCUT2D eigenvalue weighted by atomic mass is 10.1. The summed E-state index contributed by atoms with van der Waals surface area (Å²) < 4.78 is 14.4. The van der Waals surface area contributed by atoms with Gasteiger partial charge in [-0.25, -0.2) is 4.39 Å². The van der Waals surface area contributed by atoms with Crippen LogP contribution in [0.25, 0.3) is 0 Å². The van der Waals surface area contributed by atoms with Crippen molar-refractivity contribution in [3.63, 3.8) is 0 Å². The molecule has 2 aromatic carbocycles. The van der Waals surface area contributed by atoms with Crippen molar-refractivity contribution in [3.05, 3.63) is 63.9 Å². The minimum atomic E-state index is -0.559. The summed E-state index contributed by atoms with van der Waals surface area (Å²) in [5, 5.41) is 14.7. The van der Waals surface area contributed by atoms with Gasteiger partial charge in [-0.2, -0.15) is 5.26 Å². The van der Waals surface area contributed by atoms with Gasteiger partial charge in [0.2, 0.25) is 5.91 Å². The standard InChI is InChI=1S/C17H15BrFN3O/c18-13-6-4-12(5-7-13)10-17(23)22-9-8-21-16-3-1-2-15(19)14(16)11-20/h1-7,21H,8-10H2,(H,22,23). The molecule has 0 aliphatic carbocycles. The summed E-state index contributed by atoms with van der Waals surface area (Å²) in [6.45, 7) is 0.793. The first-order valence-corrected chi connectivity index (χ1v) is 7.83. The number of nitrogens with one attached hydrogen (secondary N) is 2. The maximum atomic E-state index is 13.4. The molecule has 6 heteroatoms. The van der Waals surface area contributed by atoms with Gasteiger partial charge in [-0.1, -0.05) is 34.1 Å². The lowest BCUT2D eigenvalue weighted by Gasteiger charge is -2.10. The average Bonchev–Trinajstić information content (AvgIpc) is 2.54. The second-order valence-corrected chi connectivity index (χ2v) is 5.77. The summed E-state index contributed by atoms with van der Waals surface area (Å²) in [4.78, 5) is 11.8. The molecule has 0 atom stereocenters. The van der Waals surface area contributed by atoms with Crippen molar-refractivity contribution in [3.8, 4) is 6.07 Å². The maximum Gasteiger partial charge on any atom is 0.224 e. The highest BCUT2D eigenvalue weighted by molar-refractivity contribution is 9.10. The number of halogens is 2. The number of benzene rings is 2. The molecular weight excluding hydrogens is 361 g/mol. The molecule has 0 radical (unpaired) electrons. The van der Waals surface area contributed by atoms with Gasteiger partial charge in [-0.05, 0) is 29.8 Å². The molecule has 2 aromatic rings. The van der Waals surface area contributed by atoms with E-state index in [-0.39, 0.29) is 11.5 Å². The Bertz CT molecular complexity index is 726. The molecule has 0 aliphatic rings. The van der Waals surface area contributed by atoms with Gasteiger partial charge in [0, 0.05) is 17.6 Å². The van der Waals surface area contributed by atoms with Gasteiger partial charge >= 0.3 is 0 Å². The lowest BCUT2D eigenvalue weighted by Crippen LogP contribution is -2.30. The molecule has 0 bridgehead atoms. The Balaban J connectivity index is 1.77. The zero-order valence-corrected chi connectivity index (χ0v) is 13.9. The van der Waals surface area contributed by atoms with E-state index < -0.39 is 5.82 Å². The molecule has 0 unspecified atom stereocenters. The van der Waals surface area contributed by atoms with Crippen LogP contribution in [0.2, 0.25) is 0 Å². The van der Waals surface area contributed by atoms with Gasteiger partial charge in [0.05, 0.1) is 12.1 Å². The van der Waals surface area contributed by atoms with Gasteiger partial charge in [0.15, 0.2) is 0 Å². The first-order valence-electron chi connectivity index (χ1n) is 7.04. The van der Waals surface area contributed by atoms with Crippen molar-refractivity contribution in [1.29, 1.82) is 5.26 Å². The molecule has 0 aromatic heterocycles. The van der Waals surface area contributed by atoms with E-state index >= 15 is 0 Å². The second-order valence-electron chi connectivity index (χ2n) is 4.85. The van der Waals surface area contributed by atoms with Gasteiger partial charge in [0.25, 0.3) is 0 Å². The Kier molecular flexibility index (Phi) is 6.12. The van der Waals surface area contributed by atoms with E-state index in [0.717, 1.165) is 10.0 Å². The van der Waals surface area contributed by atoms with E-state index in [4.69, 9.17) is 5.26 Å². The minimum Gasteiger partial charge on any atom is -0.382 e. The highest BCUT2D eigenvalue weighted by atomic mass is 79.9. The van der Waals surface area contributed by atoms with Crippen molar-refractivity contribution >= 4 is 27.5 Å². The smallest absolute Gasteiger partial charge is 0.224 e. The number of nitriles is 1. The average molecular weight is 376 g/mol. The third-order valence-corrected chi connectivity index (χ3v) is 3.69. The van der Waals surface area contributed by atoms with Gasteiger partial charge < -0.3 is 10.6 Å². The van der Waals surface area contributed by atoms with E-state index in [1.807, 2.05) is 30.3 Å². The Labute approximate surface area is 142 Å². The SMILES string of the molecule is N#Cc1c(F)cccc1NCCNC(=O)Cc1ccc(Br)cc1. The fraction of sp³-hybridized carbons (Fsp3) is 0.176. The molecular formula is C17H15BrFN3O. The zero-order chi connectivity index (χ0) is 16.7. The van der Waals surface area contributed by atoms with Crippen LogP contribution in [0.3, 0.4) is 0 Å². The number of rotatable bonds is 6. The summed E-state index contributed by atoms with van der Waals surface area (Å²) >= 11 is 3.34. The highest BCUT2D eigenvalue weighted by Crippen LogP contribution is 2.17. The molecule has 0 spiro atoms. The minimum absolute atomic E-state index is 0.0197. The second kappa shape index (κ2) is 8.30. The number of carbonyl (C=O) groups excluding carboxylic acids is 1. The van der Waals surface area contributed by atoms with Crippen LogP contribution in [-0.4, -0.2) is 19.0 Å². The number of hydrogen-bond acceptors (Lipinski definition) is 3. The maximum absolute atomic E-state index is 13.4. The van der Waals surface area contributed by atoms with E-state index in [1.54, 1.807) is 6.07 Å². The van der Waals surface area contributed by atoms with E-state index in [9.17, 15) is 9.18 Å². The van der Waals surface area contributed by atoms with Crippen LogP contribution in [0.5, 0.6) is 0 Å². The first kappa shape index (κ1) is 17.0. The Morgan fingerprint density at radius 3 is 2.61 bits per heavy atom. The monoisotopic (exact) mass is 375 g/mol. The third kappa shape index (κ3) is 5.08. The lowest BCUT2D eigenvalue weighted by molar-refractivity contribution is -0.120. The van der Waals surface area contributed by atoms with Crippen molar-refractivity contribution < 1.29 is 9.18 Å². The molecule has 0 heterocycles. The molecule has 2 rings (SSSR count). The zero-order valence-electron chi connectivity index (χ0n) is 12.3. The van der Waals surface area contributed by atoms with Gasteiger partial charge in [-0.15, -0.1) is 0 Å². The molecule has 0 fully saturated rings. The van der Waals surface area contributed by atoms with Crippen LogP contribution >= 0.6 is 15.9 Å². The summed E-state index contributed by atoms with van der Waals surface area (Å²) in [7, 11) is 0. The van der Waals surface area contributed by atoms with Crippen LogP contribution in [0.4, 0.5) is 10.1 Å². The Morgan fingerprint density at radius 2 is 1.91 bits per heavy atom. The molecule has 118 valence electrons. The summed E-state index contributed by atoms with van der Waals surface area (Å²) in [5.41, 5.74) is 1.33. The molecule has 0 saturated carbocycles. The van der Waals surface area contributed by atoms with E-state index in [0.29, 0.717) is 25.2 Å². The van der Waals surface area contributed by atoms with Gasteiger partial charge in [0.1, 0.15) is 17.4 Å². The van der Waals surface area contributed by atoms with Gasteiger partial charge in [-0.3, -0.25) is 4.79 Å². The molecule has 0 aliphatic heterocycles. The molecule has 2 N–H and O–H groups in total. The summed E-state index contributed by atoms with van der Waals surface area (Å²) in [6.07, 6.45) is 0.302. The molecule has 4 nitrogen and oxygen atoms in total. The fourth-order valence-corrected chi connectivity index (χ4v) is 2.30. The van der Waals surface area contributed by atoms with Crippen LogP contribution in [0, 0.1) is 17.1 Å². The topological polar surface area (TPSA) is 64.9 Å². The first-order chi connectivity index (χ1) is 11.1. The number of amides is 1. The van der Waals surface area contributed by atoms with Crippen LogP contribution in [0.1, 0.15) is 11.1 Å². The number of hydrogen-bond donors (Lipinski definition) is 2. The molecule has 23 heavy (non-hydrogen) atoms. The quantitative estimate of drug-likeness (QED) is 0.761. The largest absolute Gasteiger partial charge is 0.382 e. The molecule has 1 amide bonds. The van der Waals surface area contributed by atoms with Crippen molar-refractivity contribution in [2.45, 2.75) is 6.42 Å². The van der Waals surface area contributed by atoms with Crippen molar-refractivity contribution in [2.75, 3.05) is 18.4 Å². The Hall–Kier alpha value is -2.39. The number of anilines is 1. The van der Waals surface area contributed by atoms with E-state index in [1.165, 1.54) is 12.1 Å². The third-order valence-electron chi connectivity index (χ3n) is 3.17. The predicted octanol–water partition coefficient (Wildman–Crippen LogP) is 3.23. The Morgan fingerprint density at radius 1 is 1.17 bits per heavy atom. The summed E-state index contributed by atoms with van der Waals surface area (Å²) in [5.74, 6) is -0.648. The van der Waals surface area contributed by atoms with E-state index in [2.05, 4.69) is 26.6 Å². The number of carbonyl (C=O) groups is 1. The van der Waals surface area contributed by atoms with Crippen LogP contribution in [-0.2, 0) is 11.2 Å². The fourth-order valence-electron chi connectivity index (χ4n) is 2.03.